The number of aromatic nitrogens is 2. The minimum atomic E-state index is -4.50. The lowest BCUT2D eigenvalue weighted by Crippen LogP contribution is -2.07. The molecule has 8 heteroatoms. The normalized spacial score (nSPS) is 11.3. The molecule has 0 atom stereocenters. The number of carboxylic acid groups (broad SMARTS) is 1. The van der Waals surface area contributed by atoms with Crippen LogP contribution in [0.2, 0.25) is 0 Å². The Kier molecular flexibility index (Phi) is 3.93. The number of halogens is 3. The van der Waals surface area contributed by atoms with Gasteiger partial charge in [0.25, 0.3) is 0 Å². The van der Waals surface area contributed by atoms with Crippen LogP contribution in [0.4, 0.5) is 13.2 Å². The number of aromatic carboxylic acids is 1. The number of rotatable bonds is 3. The Morgan fingerprint density at radius 1 is 1.20 bits per heavy atom. The Morgan fingerprint density at radius 2 is 1.95 bits per heavy atom. The van der Waals surface area contributed by atoms with Crippen LogP contribution in [0.25, 0.3) is 0 Å². The second kappa shape index (κ2) is 5.49. The van der Waals surface area contributed by atoms with Gasteiger partial charge in [-0.25, -0.2) is 14.8 Å². The van der Waals surface area contributed by atoms with E-state index in [2.05, 4.69) is 9.97 Å². The molecule has 0 radical (unpaired) electrons. The quantitative estimate of drug-likeness (QED) is 0.942. The predicted octanol–water partition coefficient (Wildman–Crippen LogP) is 3.34. The number of alkyl halides is 3. The third kappa shape index (κ3) is 3.27. The molecule has 0 amide bonds. The van der Waals surface area contributed by atoms with Gasteiger partial charge in [0, 0.05) is 12.4 Å². The molecule has 0 fully saturated rings. The van der Waals surface area contributed by atoms with Crippen molar-refractivity contribution in [3.05, 3.63) is 47.8 Å². The van der Waals surface area contributed by atoms with Gasteiger partial charge in [0.15, 0.2) is 0 Å². The molecular weight excluding hydrogens is 293 g/mol. The van der Waals surface area contributed by atoms with Crippen LogP contribution >= 0.6 is 11.8 Å². The van der Waals surface area contributed by atoms with Gasteiger partial charge in [0.05, 0.1) is 11.1 Å². The van der Waals surface area contributed by atoms with Crippen molar-refractivity contribution in [1.82, 2.24) is 9.97 Å². The molecule has 104 valence electrons. The lowest BCUT2D eigenvalue weighted by molar-refractivity contribution is -0.140. The number of hydrogen-bond acceptors (Lipinski definition) is 4. The summed E-state index contributed by atoms with van der Waals surface area (Å²) in [5, 5.41) is 8.72. The summed E-state index contributed by atoms with van der Waals surface area (Å²) in [6.07, 6.45) is -2.17. The summed E-state index contributed by atoms with van der Waals surface area (Å²) in [6, 6.07) is 4.74. The lowest BCUT2D eigenvalue weighted by Gasteiger charge is -2.10. The van der Waals surface area contributed by atoms with Gasteiger partial charge in [-0.1, -0.05) is 0 Å². The third-order valence-electron chi connectivity index (χ3n) is 2.26. The molecule has 4 nitrogen and oxygen atoms in total. The summed E-state index contributed by atoms with van der Waals surface area (Å²) in [5.74, 6) is -1.15. The molecule has 2 aromatic heterocycles. The molecule has 0 aromatic carbocycles. The molecule has 0 bridgehead atoms. The highest BCUT2D eigenvalue weighted by Crippen LogP contribution is 2.37. The zero-order chi connectivity index (χ0) is 14.8. The van der Waals surface area contributed by atoms with E-state index in [1.807, 2.05) is 0 Å². The van der Waals surface area contributed by atoms with E-state index < -0.39 is 17.7 Å². The number of nitrogens with zero attached hydrogens (tertiary/aromatic N) is 2. The summed E-state index contributed by atoms with van der Waals surface area (Å²) in [6.45, 7) is 0. The molecule has 0 aliphatic rings. The Labute approximate surface area is 115 Å². The van der Waals surface area contributed by atoms with Crippen LogP contribution in [-0.2, 0) is 6.18 Å². The maximum absolute atomic E-state index is 12.8. The van der Waals surface area contributed by atoms with Gasteiger partial charge in [0.1, 0.15) is 10.1 Å². The molecule has 0 aliphatic heterocycles. The van der Waals surface area contributed by atoms with E-state index >= 15 is 0 Å². The van der Waals surface area contributed by atoms with Crippen molar-refractivity contribution in [3.63, 3.8) is 0 Å². The first kappa shape index (κ1) is 14.3. The average Bonchev–Trinajstić information content (AvgIpc) is 2.38. The smallest absolute Gasteiger partial charge is 0.419 e. The molecule has 2 heterocycles. The molecule has 20 heavy (non-hydrogen) atoms. The fraction of sp³-hybridized carbons (Fsp3) is 0.0833. The molecule has 2 rings (SSSR count). The highest BCUT2D eigenvalue weighted by atomic mass is 32.2. The summed E-state index contributed by atoms with van der Waals surface area (Å²) in [7, 11) is 0. The number of pyridine rings is 2. The second-order valence-corrected chi connectivity index (χ2v) is 4.66. The predicted molar refractivity (Wildman–Crippen MR) is 64.6 cm³/mol. The van der Waals surface area contributed by atoms with E-state index in [0.29, 0.717) is 0 Å². The lowest BCUT2D eigenvalue weighted by atomic mass is 10.3. The maximum atomic E-state index is 12.8. The fourth-order valence-electron chi connectivity index (χ4n) is 1.35. The van der Waals surface area contributed by atoms with Gasteiger partial charge in [-0.15, -0.1) is 0 Å². The number of carboxylic acids is 1. The highest BCUT2D eigenvalue weighted by Gasteiger charge is 2.34. The van der Waals surface area contributed by atoms with E-state index in [1.54, 1.807) is 0 Å². The van der Waals surface area contributed by atoms with Gasteiger partial charge < -0.3 is 5.11 Å². The van der Waals surface area contributed by atoms with Crippen LogP contribution in [0.1, 0.15) is 15.9 Å². The molecule has 0 saturated heterocycles. The fourth-order valence-corrected chi connectivity index (χ4v) is 2.20. The van der Waals surface area contributed by atoms with Crippen molar-refractivity contribution in [1.29, 1.82) is 0 Å². The van der Waals surface area contributed by atoms with Crippen molar-refractivity contribution in [2.45, 2.75) is 16.2 Å². The SMILES string of the molecule is O=C(O)c1ccc(Sc2ncccc2C(F)(F)F)nc1. The molecular formula is C12H7F3N2O2S. The second-order valence-electron chi connectivity index (χ2n) is 3.65. The minimum Gasteiger partial charge on any atom is -0.478 e. The summed E-state index contributed by atoms with van der Waals surface area (Å²) < 4.78 is 38.3. The first-order chi connectivity index (χ1) is 9.38. The van der Waals surface area contributed by atoms with E-state index in [1.165, 1.54) is 24.4 Å². The minimum absolute atomic E-state index is 0.0357. The Morgan fingerprint density at radius 3 is 2.50 bits per heavy atom. The van der Waals surface area contributed by atoms with Crippen molar-refractivity contribution < 1.29 is 23.1 Å². The van der Waals surface area contributed by atoms with Gasteiger partial charge in [-0.3, -0.25) is 0 Å². The first-order valence-corrected chi connectivity index (χ1v) is 6.09. The van der Waals surface area contributed by atoms with Crippen molar-refractivity contribution in [3.8, 4) is 0 Å². The van der Waals surface area contributed by atoms with Crippen LogP contribution in [0.15, 0.2) is 46.7 Å². The van der Waals surface area contributed by atoms with Gasteiger partial charge in [-0.05, 0) is 36.0 Å². The zero-order valence-electron chi connectivity index (χ0n) is 9.76. The van der Waals surface area contributed by atoms with Gasteiger partial charge in [0.2, 0.25) is 0 Å². The highest BCUT2D eigenvalue weighted by molar-refractivity contribution is 7.99. The topological polar surface area (TPSA) is 63.1 Å². The van der Waals surface area contributed by atoms with E-state index in [4.69, 9.17) is 5.11 Å². The average molecular weight is 300 g/mol. The Hall–Kier alpha value is -2.09. The van der Waals surface area contributed by atoms with Gasteiger partial charge in [-0.2, -0.15) is 13.2 Å². The monoisotopic (exact) mass is 300 g/mol. The summed E-state index contributed by atoms with van der Waals surface area (Å²) in [5.41, 5.74) is -0.888. The van der Waals surface area contributed by atoms with Crippen LogP contribution < -0.4 is 0 Å². The largest absolute Gasteiger partial charge is 0.478 e. The van der Waals surface area contributed by atoms with E-state index in [9.17, 15) is 18.0 Å². The van der Waals surface area contributed by atoms with E-state index in [-0.39, 0.29) is 15.6 Å². The van der Waals surface area contributed by atoms with Crippen LogP contribution in [-0.4, -0.2) is 21.0 Å². The molecule has 0 spiro atoms. The van der Waals surface area contributed by atoms with Crippen molar-refractivity contribution >= 4 is 17.7 Å². The number of carbonyl (C=O) groups is 1. The zero-order valence-corrected chi connectivity index (χ0v) is 10.6. The standard InChI is InChI=1S/C12H7F3N2O2S/c13-12(14,15)8-2-1-5-16-10(8)20-9-4-3-7(6-17-9)11(18)19/h1-6H,(H,18,19). The molecule has 0 saturated carbocycles. The maximum Gasteiger partial charge on any atom is 0.419 e. The van der Waals surface area contributed by atoms with Gasteiger partial charge >= 0.3 is 12.1 Å². The summed E-state index contributed by atoms with van der Waals surface area (Å²) >= 11 is 0.726. The molecule has 0 aliphatic carbocycles. The van der Waals surface area contributed by atoms with Crippen LogP contribution in [0, 0.1) is 0 Å². The molecule has 0 unspecified atom stereocenters. The van der Waals surface area contributed by atoms with Crippen molar-refractivity contribution in [2.75, 3.05) is 0 Å². The Bertz CT molecular complexity index is 629. The first-order valence-electron chi connectivity index (χ1n) is 5.27. The summed E-state index contributed by atoms with van der Waals surface area (Å²) in [4.78, 5) is 18.1. The van der Waals surface area contributed by atoms with Crippen molar-refractivity contribution in [2.24, 2.45) is 0 Å². The number of hydrogen-bond donors (Lipinski definition) is 1. The third-order valence-corrected chi connectivity index (χ3v) is 3.23. The Balaban J connectivity index is 2.28. The van der Waals surface area contributed by atoms with Crippen LogP contribution in [0.3, 0.4) is 0 Å². The van der Waals surface area contributed by atoms with Crippen LogP contribution in [0.5, 0.6) is 0 Å². The van der Waals surface area contributed by atoms with E-state index in [0.717, 1.165) is 24.0 Å². The molecule has 2 aromatic rings. The molecule has 1 N–H and O–H groups in total.